The maximum absolute atomic E-state index is 12.7. The molecule has 2 heterocycles. The van der Waals surface area contributed by atoms with Crippen molar-refractivity contribution in [3.8, 4) is 5.75 Å². The van der Waals surface area contributed by atoms with Crippen LogP contribution in [0.15, 0.2) is 36.7 Å². The highest BCUT2D eigenvalue weighted by molar-refractivity contribution is 6.05. The van der Waals surface area contributed by atoms with Gasteiger partial charge in [0.05, 0.1) is 24.7 Å². The molecule has 21 heavy (non-hydrogen) atoms. The van der Waals surface area contributed by atoms with Gasteiger partial charge in [0.1, 0.15) is 11.4 Å². The number of nitrogens with zero attached hydrogens (tertiary/aromatic N) is 3. The van der Waals surface area contributed by atoms with Gasteiger partial charge in [-0.2, -0.15) is 0 Å². The summed E-state index contributed by atoms with van der Waals surface area (Å²) in [5.74, 6) is 6.12. The fraction of sp³-hybridized carbons (Fsp3) is 0.214. The second kappa shape index (κ2) is 5.76. The maximum Gasteiger partial charge on any atom is 0.278 e. The molecule has 0 radical (unpaired) electrons. The molecule has 3 N–H and O–H groups in total. The first-order valence-corrected chi connectivity index (χ1v) is 6.62. The summed E-state index contributed by atoms with van der Waals surface area (Å²) in [6.45, 7) is 1.15. The van der Waals surface area contributed by atoms with Crippen LogP contribution in [-0.2, 0) is 0 Å². The molecule has 0 fully saturated rings. The second-order valence-electron chi connectivity index (χ2n) is 4.56. The number of hydrazine groups is 1. The van der Waals surface area contributed by atoms with Gasteiger partial charge in [0.15, 0.2) is 5.82 Å². The Bertz CT molecular complexity index is 661. The molecule has 7 heteroatoms. The molecule has 0 saturated carbocycles. The number of para-hydroxylation sites is 2. The highest BCUT2D eigenvalue weighted by Gasteiger charge is 2.24. The number of nitrogens with one attached hydrogen (secondary N) is 1. The van der Waals surface area contributed by atoms with Crippen LogP contribution < -0.4 is 20.9 Å². The maximum atomic E-state index is 12.7. The first kappa shape index (κ1) is 13.3. The number of hydrogen-bond acceptors (Lipinski definition) is 6. The summed E-state index contributed by atoms with van der Waals surface area (Å²) < 4.78 is 5.65. The summed E-state index contributed by atoms with van der Waals surface area (Å²) in [6.07, 6.45) is 3.64. The standard InChI is InChI=1S/C14H15N5O2/c15-18-13-9-16-8-10(17-13)14(20)19-6-3-7-21-12-5-2-1-4-11(12)19/h1-2,4-5,8-9H,3,6-7,15H2,(H,17,18). The van der Waals surface area contributed by atoms with Crippen molar-refractivity contribution in [2.75, 3.05) is 23.5 Å². The predicted octanol–water partition coefficient (Wildman–Crippen LogP) is 1.19. The van der Waals surface area contributed by atoms with Crippen LogP contribution in [0.1, 0.15) is 16.9 Å². The van der Waals surface area contributed by atoms with E-state index >= 15 is 0 Å². The number of anilines is 2. The molecule has 0 bridgehead atoms. The van der Waals surface area contributed by atoms with Gasteiger partial charge in [-0.1, -0.05) is 12.1 Å². The molecule has 0 aliphatic carbocycles. The molecule has 0 saturated heterocycles. The van der Waals surface area contributed by atoms with Gasteiger partial charge in [-0.25, -0.2) is 10.8 Å². The predicted molar refractivity (Wildman–Crippen MR) is 78.1 cm³/mol. The smallest absolute Gasteiger partial charge is 0.278 e. The number of nitrogens with two attached hydrogens (primary N) is 1. The Morgan fingerprint density at radius 1 is 1.33 bits per heavy atom. The van der Waals surface area contributed by atoms with Crippen LogP contribution in [0.25, 0.3) is 0 Å². The van der Waals surface area contributed by atoms with Gasteiger partial charge in [-0.05, 0) is 18.6 Å². The molecule has 1 aromatic heterocycles. The molecule has 1 aliphatic rings. The number of rotatable bonds is 2. The third kappa shape index (κ3) is 2.63. The van der Waals surface area contributed by atoms with Gasteiger partial charge in [0, 0.05) is 6.54 Å². The lowest BCUT2D eigenvalue weighted by Crippen LogP contribution is -2.32. The van der Waals surface area contributed by atoms with E-state index in [1.807, 2.05) is 24.3 Å². The van der Waals surface area contributed by atoms with Crippen LogP contribution in [0.5, 0.6) is 5.75 Å². The Morgan fingerprint density at radius 3 is 3.05 bits per heavy atom. The Morgan fingerprint density at radius 2 is 2.19 bits per heavy atom. The summed E-state index contributed by atoms with van der Waals surface area (Å²) in [5.41, 5.74) is 3.37. The quantitative estimate of drug-likeness (QED) is 0.636. The number of amides is 1. The monoisotopic (exact) mass is 285 g/mol. The molecule has 1 aromatic carbocycles. The van der Waals surface area contributed by atoms with Crippen molar-refractivity contribution >= 4 is 17.4 Å². The molecular weight excluding hydrogens is 270 g/mol. The van der Waals surface area contributed by atoms with Crippen LogP contribution in [0, 0.1) is 0 Å². The van der Waals surface area contributed by atoms with E-state index in [1.54, 1.807) is 4.90 Å². The summed E-state index contributed by atoms with van der Waals surface area (Å²) in [7, 11) is 0. The van der Waals surface area contributed by atoms with E-state index in [4.69, 9.17) is 10.6 Å². The molecule has 1 amide bonds. The zero-order valence-corrected chi connectivity index (χ0v) is 11.3. The van der Waals surface area contributed by atoms with Crippen molar-refractivity contribution in [3.63, 3.8) is 0 Å². The number of carbonyl (C=O) groups excluding carboxylic acids is 1. The van der Waals surface area contributed by atoms with Gasteiger partial charge < -0.3 is 15.1 Å². The summed E-state index contributed by atoms with van der Waals surface area (Å²) in [5, 5.41) is 0. The SMILES string of the molecule is NNc1cncc(C(=O)N2CCCOc3ccccc32)n1. The normalized spacial score (nSPS) is 13.9. The van der Waals surface area contributed by atoms with E-state index in [2.05, 4.69) is 15.4 Å². The average Bonchev–Trinajstić information content (AvgIpc) is 2.76. The van der Waals surface area contributed by atoms with Gasteiger partial charge >= 0.3 is 0 Å². The van der Waals surface area contributed by atoms with Gasteiger partial charge in [0.25, 0.3) is 5.91 Å². The first-order valence-electron chi connectivity index (χ1n) is 6.62. The van der Waals surface area contributed by atoms with Crippen molar-refractivity contribution in [1.82, 2.24) is 9.97 Å². The fourth-order valence-corrected chi connectivity index (χ4v) is 2.22. The second-order valence-corrected chi connectivity index (χ2v) is 4.56. The topological polar surface area (TPSA) is 93.4 Å². The van der Waals surface area contributed by atoms with Crippen LogP contribution in [0.4, 0.5) is 11.5 Å². The lowest BCUT2D eigenvalue weighted by atomic mass is 10.2. The van der Waals surface area contributed by atoms with Crippen LogP contribution in [-0.4, -0.2) is 29.0 Å². The fourth-order valence-electron chi connectivity index (χ4n) is 2.22. The Balaban J connectivity index is 1.97. The molecule has 0 spiro atoms. The zero-order chi connectivity index (χ0) is 14.7. The number of benzene rings is 1. The molecule has 108 valence electrons. The molecule has 2 aromatic rings. The number of aromatic nitrogens is 2. The highest BCUT2D eigenvalue weighted by Crippen LogP contribution is 2.31. The molecule has 1 aliphatic heterocycles. The average molecular weight is 285 g/mol. The number of hydrogen-bond donors (Lipinski definition) is 2. The summed E-state index contributed by atoms with van der Waals surface area (Å²) in [6, 6.07) is 7.46. The highest BCUT2D eigenvalue weighted by atomic mass is 16.5. The van der Waals surface area contributed by atoms with Gasteiger partial charge in [0.2, 0.25) is 0 Å². The van der Waals surface area contributed by atoms with Crippen molar-refractivity contribution in [2.24, 2.45) is 5.84 Å². The third-order valence-electron chi connectivity index (χ3n) is 3.19. The van der Waals surface area contributed by atoms with E-state index in [-0.39, 0.29) is 11.6 Å². The first-order chi connectivity index (χ1) is 10.3. The number of fused-ring (bicyclic) bond motifs is 1. The summed E-state index contributed by atoms with van der Waals surface area (Å²) in [4.78, 5) is 22.4. The third-order valence-corrected chi connectivity index (χ3v) is 3.19. The number of ether oxygens (including phenoxy) is 1. The minimum absolute atomic E-state index is 0.224. The van der Waals surface area contributed by atoms with Crippen molar-refractivity contribution in [3.05, 3.63) is 42.4 Å². The summed E-state index contributed by atoms with van der Waals surface area (Å²) >= 11 is 0. The zero-order valence-electron chi connectivity index (χ0n) is 11.3. The number of nitrogen functional groups attached to an aromatic ring is 1. The minimum atomic E-state index is -0.224. The van der Waals surface area contributed by atoms with Gasteiger partial charge in [-0.3, -0.25) is 9.78 Å². The van der Waals surface area contributed by atoms with Crippen molar-refractivity contribution in [2.45, 2.75) is 6.42 Å². The van der Waals surface area contributed by atoms with E-state index in [1.165, 1.54) is 12.4 Å². The Kier molecular flexibility index (Phi) is 3.65. The lowest BCUT2D eigenvalue weighted by Gasteiger charge is -2.21. The van der Waals surface area contributed by atoms with Gasteiger partial charge in [-0.15, -0.1) is 0 Å². The minimum Gasteiger partial charge on any atom is -0.491 e. The molecule has 3 rings (SSSR count). The van der Waals surface area contributed by atoms with Crippen molar-refractivity contribution < 1.29 is 9.53 Å². The lowest BCUT2D eigenvalue weighted by molar-refractivity contribution is 0.0982. The van der Waals surface area contributed by atoms with Crippen molar-refractivity contribution in [1.29, 1.82) is 0 Å². The number of carbonyl (C=O) groups is 1. The van der Waals surface area contributed by atoms with Crippen LogP contribution in [0.2, 0.25) is 0 Å². The van der Waals surface area contributed by atoms with E-state index in [9.17, 15) is 4.79 Å². The van der Waals surface area contributed by atoms with E-state index in [0.29, 0.717) is 24.7 Å². The molecule has 0 unspecified atom stereocenters. The molecule has 0 atom stereocenters. The van der Waals surface area contributed by atoms with Crippen LogP contribution in [0.3, 0.4) is 0 Å². The van der Waals surface area contributed by atoms with E-state index < -0.39 is 0 Å². The van der Waals surface area contributed by atoms with Crippen LogP contribution >= 0.6 is 0 Å². The molecular formula is C14H15N5O2. The van der Waals surface area contributed by atoms with E-state index in [0.717, 1.165) is 12.1 Å². The Labute approximate surface area is 121 Å². The molecule has 7 nitrogen and oxygen atoms in total. The largest absolute Gasteiger partial charge is 0.491 e. The Hall–Kier alpha value is -2.67.